The average Bonchev–Trinajstić information content (AvgIpc) is 2.88. The van der Waals surface area contributed by atoms with E-state index in [1.165, 1.54) is 0 Å². The standard InChI is InChI=1S/C18H27N5.HI/c1-5-11-20-18(19-6-2)21-13-16-9-7-8-10-17(16)23-15(4)12-14(3)22-23;/h7-10,12H,5-6,11,13H2,1-4H3,(H2,19,20,21);1H. The zero-order valence-electron chi connectivity index (χ0n) is 15.0. The van der Waals surface area contributed by atoms with Crippen molar-refractivity contribution in [1.29, 1.82) is 0 Å². The third-order valence-electron chi connectivity index (χ3n) is 3.52. The maximum absolute atomic E-state index is 4.70. The van der Waals surface area contributed by atoms with Crippen LogP contribution >= 0.6 is 24.0 Å². The zero-order valence-corrected chi connectivity index (χ0v) is 17.3. The molecule has 0 atom stereocenters. The molecule has 2 rings (SSSR count). The molecule has 0 aliphatic rings. The van der Waals surface area contributed by atoms with Gasteiger partial charge in [-0.3, -0.25) is 0 Å². The molecule has 0 amide bonds. The number of guanidine groups is 1. The van der Waals surface area contributed by atoms with Gasteiger partial charge in [0.15, 0.2) is 5.96 Å². The Balaban J connectivity index is 0.00000288. The van der Waals surface area contributed by atoms with Gasteiger partial charge in [0, 0.05) is 18.8 Å². The molecule has 0 bridgehead atoms. The third-order valence-corrected chi connectivity index (χ3v) is 3.52. The number of hydrogen-bond donors (Lipinski definition) is 2. The van der Waals surface area contributed by atoms with Gasteiger partial charge in [-0.25, -0.2) is 9.67 Å². The van der Waals surface area contributed by atoms with Crippen LogP contribution in [0.1, 0.15) is 37.2 Å². The minimum absolute atomic E-state index is 0. The molecule has 1 aromatic heterocycles. The molecular weight excluding hydrogens is 413 g/mol. The third kappa shape index (κ3) is 5.51. The second kappa shape index (κ2) is 10.3. The SMILES string of the molecule is CCCNC(=NCc1ccccc1-n1nc(C)cc1C)NCC.I. The van der Waals surface area contributed by atoms with Gasteiger partial charge in [-0.15, -0.1) is 24.0 Å². The first-order valence-electron chi connectivity index (χ1n) is 8.29. The van der Waals surface area contributed by atoms with Gasteiger partial charge in [-0.1, -0.05) is 25.1 Å². The smallest absolute Gasteiger partial charge is 0.191 e. The summed E-state index contributed by atoms with van der Waals surface area (Å²) >= 11 is 0. The van der Waals surface area contributed by atoms with Crippen molar-refractivity contribution in [2.45, 2.75) is 40.7 Å². The van der Waals surface area contributed by atoms with Crippen LogP contribution in [0, 0.1) is 13.8 Å². The van der Waals surface area contributed by atoms with Crippen LogP contribution in [-0.4, -0.2) is 28.8 Å². The molecule has 24 heavy (non-hydrogen) atoms. The lowest BCUT2D eigenvalue weighted by Crippen LogP contribution is -2.37. The van der Waals surface area contributed by atoms with E-state index in [0.29, 0.717) is 6.54 Å². The van der Waals surface area contributed by atoms with Gasteiger partial charge < -0.3 is 10.6 Å². The Morgan fingerprint density at radius 1 is 1.17 bits per heavy atom. The number of nitrogens with one attached hydrogen (secondary N) is 2. The Hall–Kier alpha value is -1.57. The number of aromatic nitrogens is 2. The number of para-hydroxylation sites is 1. The van der Waals surface area contributed by atoms with Crippen LogP contribution in [0.5, 0.6) is 0 Å². The predicted octanol–water partition coefficient (Wildman–Crippen LogP) is 3.57. The van der Waals surface area contributed by atoms with E-state index >= 15 is 0 Å². The highest BCUT2D eigenvalue weighted by atomic mass is 127. The topological polar surface area (TPSA) is 54.2 Å². The fourth-order valence-electron chi connectivity index (χ4n) is 2.47. The Kier molecular flexibility index (Phi) is 8.81. The molecule has 1 heterocycles. The highest BCUT2D eigenvalue weighted by Crippen LogP contribution is 2.17. The Labute approximate surface area is 162 Å². The number of benzene rings is 1. The number of halogens is 1. The Morgan fingerprint density at radius 3 is 2.54 bits per heavy atom. The fourth-order valence-corrected chi connectivity index (χ4v) is 2.47. The van der Waals surface area contributed by atoms with Gasteiger partial charge in [0.25, 0.3) is 0 Å². The predicted molar refractivity (Wildman–Crippen MR) is 112 cm³/mol. The number of rotatable bonds is 6. The first kappa shape index (κ1) is 20.5. The van der Waals surface area contributed by atoms with Crippen molar-refractivity contribution in [3.05, 3.63) is 47.3 Å². The molecule has 2 aromatic rings. The number of aliphatic imine (C=N–C) groups is 1. The van der Waals surface area contributed by atoms with E-state index in [1.54, 1.807) is 0 Å². The molecule has 5 nitrogen and oxygen atoms in total. The lowest BCUT2D eigenvalue weighted by atomic mass is 10.2. The van der Waals surface area contributed by atoms with Crippen LogP contribution in [0.3, 0.4) is 0 Å². The lowest BCUT2D eigenvalue weighted by Gasteiger charge is -2.12. The molecule has 0 aliphatic heterocycles. The molecule has 0 spiro atoms. The second-order valence-electron chi connectivity index (χ2n) is 5.59. The number of aryl methyl sites for hydroxylation is 2. The van der Waals surface area contributed by atoms with E-state index in [0.717, 1.165) is 48.1 Å². The highest BCUT2D eigenvalue weighted by molar-refractivity contribution is 14.0. The van der Waals surface area contributed by atoms with Crippen molar-refractivity contribution in [2.24, 2.45) is 4.99 Å². The van der Waals surface area contributed by atoms with E-state index in [4.69, 9.17) is 4.99 Å². The first-order valence-corrected chi connectivity index (χ1v) is 8.29. The van der Waals surface area contributed by atoms with E-state index in [2.05, 4.69) is 54.7 Å². The van der Waals surface area contributed by atoms with Crippen LogP contribution in [0.15, 0.2) is 35.3 Å². The molecule has 1 aromatic carbocycles. The summed E-state index contributed by atoms with van der Waals surface area (Å²) in [5, 5.41) is 11.2. The summed E-state index contributed by atoms with van der Waals surface area (Å²) in [7, 11) is 0. The minimum atomic E-state index is 0. The van der Waals surface area contributed by atoms with Gasteiger partial charge in [-0.05, 0) is 44.9 Å². The van der Waals surface area contributed by atoms with Crippen LogP contribution in [0.25, 0.3) is 5.69 Å². The van der Waals surface area contributed by atoms with E-state index in [1.807, 2.05) is 23.7 Å². The molecule has 0 unspecified atom stereocenters. The average molecular weight is 441 g/mol. The minimum Gasteiger partial charge on any atom is -0.357 e. The van der Waals surface area contributed by atoms with Gasteiger partial charge in [-0.2, -0.15) is 5.10 Å². The highest BCUT2D eigenvalue weighted by Gasteiger charge is 2.08. The molecule has 0 aliphatic carbocycles. The molecule has 0 saturated heterocycles. The summed E-state index contributed by atoms with van der Waals surface area (Å²) in [6.45, 7) is 10.7. The monoisotopic (exact) mass is 441 g/mol. The van der Waals surface area contributed by atoms with Crippen molar-refractivity contribution in [3.63, 3.8) is 0 Å². The number of hydrogen-bond acceptors (Lipinski definition) is 2. The van der Waals surface area contributed by atoms with Crippen molar-refractivity contribution in [1.82, 2.24) is 20.4 Å². The van der Waals surface area contributed by atoms with Crippen LogP contribution in [-0.2, 0) is 6.54 Å². The maximum atomic E-state index is 4.70. The Bertz CT molecular complexity index is 663. The zero-order chi connectivity index (χ0) is 16.7. The summed E-state index contributed by atoms with van der Waals surface area (Å²) in [4.78, 5) is 4.70. The fraction of sp³-hybridized carbons (Fsp3) is 0.444. The van der Waals surface area contributed by atoms with Crippen LogP contribution < -0.4 is 10.6 Å². The van der Waals surface area contributed by atoms with Crippen molar-refractivity contribution in [3.8, 4) is 5.69 Å². The van der Waals surface area contributed by atoms with Crippen LogP contribution in [0.2, 0.25) is 0 Å². The summed E-state index contributed by atoms with van der Waals surface area (Å²) in [5.41, 5.74) is 4.41. The van der Waals surface area contributed by atoms with E-state index in [-0.39, 0.29) is 24.0 Å². The molecule has 0 saturated carbocycles. The van der Waals surface area contributed by atoms with Gasteiger partial charge >= 0.3 is 0 Å². The van der Waals surface area contributed by atoms with E-state index < -0.39 is 0 Å². The summed E-state index contributed by atoms with van der Waals surface area (Å²) in [5.74, 6) is 0.859. The van der Waals surface area contributed by atoms with Gasteiger partial charge in [0.2, 0.25) is 0 Å². The molecule has 0 radical (unpaired) electrons. The molecule has 6 heteroatoms. The second-order valence-corrected chi connectivity index (χ2v) is 5.59. The van der Waals surface area contributed by atoms with E-state index in [9.17, 15) is 0 Å². The quantitative estimate of drug-likeness (QED) is 0.410. The molecular formula is C18H28IN5. The largest absolute Gasteiger partial charge is 0.357 e. The molecule has 132 valence electrons. The van der Waals surface area contributed by atoms with Crippen molar-refractivity contribution in [2.75, 3.05) is 13.1 Å². The van der Waals surface area contributed by atoms with Crippen molar-refractivity contribution >= 4 is 29.9 Å². The Morgan fingerprint density at radius 2 is 1.92 bits per heavy atom. The van der Waals surface area contributed by atoms with Crippen molar-refractivity contribution < 1.29 is 0 Å². The normalized spacial score (nSPS) is 11.1. The molecule has 2 N–H and O–H groups in total. The van der Waals surface area contributed by atoms with Gasteiger partial charge in [0.1, 0.15) is 0 Å². The lowest BCUT2D eigenvalue weighted by molar-refractivity contribution is 0.781. The maximum Gasteiger partial charge on any atom is 0.191 e. The summed E-state index contributed by atoms with van der Waals surface area (Å²) < 4.78 is 1.99. The van der Waals surface area contributed by atoms with Crippen LogP contribution in [0.4, 0.5) is 0 Å². The first-order chi connectivity index (χ1) is 11.2. The molecule has 0 fully saturated rings. The summed E-state index contributed by atoms with van der Waals surface area (Å²) in [6, 6.07) is 10.4. The summed E-state index contributed by atoms with van der Waals surface area (Å²) in [6.07, 6.45) is 1.08. The number of nitrogens with zero attached hydrogens (tertiary/aromatic N) is 3. The van der Waals surface area contributed by atoms with Gasteiger partial charge in [0.05, 0.1) is 17.9 Å².